The molecule has 0 aromatic heterocycles. The summed E-state index contributed by atoms with van der Waals surface area (Å²) in [4.78, 5) is 61.2. The van der Waals surface area contributed by atoms with Crippen molar-refractivity contribution in [3.63, 3.8) is 0 Å². The summed E-state index contributed by atoms with van der Waals surface area (Å²) >= 11 is 1.60. The molecule has 264 valence electrons. The van der Waals surface area contributed by atoms with Gasteiger partial charge in [0.2, 0.25) is 11.8 Å². The Balaban J connectivity index is 1.11. The van der Waals surface area contributed by atoms with E-state index in [0.29, 0.717) is 45.6 Å². The number of benzene rings is 2. The molecule has 0 radical (unpaired) electrons. The number of fused-ring (bicyclic) bond motifs is 1. The Morgan fingerprint density at radius 3 is 2.35 bits per heavy atom. The minimum atomic E-state index is -0.456. The molecule has 49 heavy (non-hydrogen) atoms. The van der Waals surface area contributed by atoms with Gasteiger partial charge in [0.25, 0.3) is 0 Å². The number of anilines is 2. The van der Waals surface area contributed by atoms with Crippen LogP contribution in [0.1, 0.15) is 82.7 Å². The number of esters is 1. The van der Waals surface area contributed by atoms with E-state index >= 15 is 0 Å². The molecule has 0 aliphatic carbocycles. The van der Waals surface area contributed by atoms with Crippen molar-refractivity contribution in [3.05, 3.63) is 59.7 Å². The number of hydrogen-bond acceptors (Lipinski definition) is 7. The fraction of sp³-hybridized carbons (Fsp3) is 0.579. The summed E-state index contributed by atoms with van der Waals surface area (Å²) in [7, 11) is 0. The number of carbonyl (C=O) groups excluding carboxylic acids is 4. The number of rotatable bonds is 9. The van der Waals surface area contributed by atoms with Crippen molar-refractivity contribution in [2.24, 2.45) is 11.3 Å². The van der Waals surface area contributed by atoms with E-state index in [4.69, 9.17) is 4.74 Å². The van der Waals surface area contributed by atoms with Gasteiger partial charge in [-0.25, -0.2) is 4.79 Å². The molecule has 4 amide bonds. The molecule has 3 fully saturated rings. The van der Waals surface area contributed by atoms with E-state index in [0.717, 1.165) is 54.9 Å². The predicted octanol–water partition coefficient (Wildman–Crippen LogP) is 6.27. The van der Waals surface area contributed by atoms with Crippen molar-refractivity contribution in [3.8, 4) is 0 Å². The molecule has 1 N–H and O–H groups in total. The Labute approximate surface area is 294 Å². The SMILES string of the molecule is CCOC(=O)C1CCN(c2ccccc2C2SC(CC(=O)N3CCC(N4Cc5ccccc5NC4=O)CC3)C(=O)N2CCC(C)(C)C)CC1. The Morgan fingerprint density at radius 2 is 1.63 bits per heavy atom. The van der Waals surface area contributed by atoms with Gasteiger partial charge in [0.05, 0.1) is 17.8 Å². The van der Waals surface area contributed by atoms with Gasteiger partial charge in [0.1, 0.15) is 5.37 Å². The third-order valence-corrected chi connectivity index (χ3v) is 11.8. The Kier molecular flexibility index (Phi) is 10.8. The molecule has 11 heteroatoms. The van der Waals surface area contributed by atoms with Crippen molar-refractivity contribution in [2.45, 2.75) is 89.4 Å². The number of carbonyl (C=O) groups is 4. The predicted molar refractivity (Wildman–Crippen MR) is 193 cm³/mol. The molecule has 0 bridgehead atoms. The van der Waals surface area contributed by atoms with Gasteiger partial charge in [-0.1, -0.05) is 57.2 Å². The molecule has 3 saturated heterocycles. The third-order valence-electron chi connectivity index (χ3n) is 10.4. The minimum Gasteiger partial charge on any atom is -0.466 e. The lowest BCUT2D eigenvalue weighted by atomic mass is 9.92. The third kappa shape index (κ3) is 8.03. The molecule has 0 spiro atoms. The quantitative estimate of drug-likeness (QED) is 0.310. The van der Waals surface area contributed by atoms with Gasteiger partial charge in [-0.3, -0.25) is 14.4 Å². The summed E-state index contributed by atoms with van der Waals surface area (Å²) in [6.07, 6.45) is 3.93. The highest BCUT2D eigenvalue weighted by Gasteiger charge is 2.44. The molecular formula is C38H51N5O5S. The van der Waals surface area contributed by atoms with Gasteiger partial charge in [-0.15, -0.1) is 11.8 Å². The second-order valence-electron chi connectivity index (χ2n) is 14.9. The summed E-state index contributed by atoms with van der Waals surface area (Å²) < 4.78 is 5.29. The largest absolute Gasteiger partial charge is 0.466 e. The maximum absolute atomic E-state index is 14.1. The lowest BCUT2D eigenvalue weighted by molar-refractivity contribution is -0.148. The van der Waals surface area contributed by atoms with Crippen LogP contribution < -0.4 is 10.2 Å². The number of para-hydroxylation sites is 2. The smallest absolute Gasteiger partial charge is 0.322 e. The highest BCUT2D eigenvalue weighted by atomic mass is 32.2. The fourth-order valence-corrected chi connectivity index (χ4v) is 8.98. The van der Waals surface area contributed by atoms with Crippen LogP contribution in [-0.4, -0.2) is 89.1 Å². The number of nitrogens with one attached hydrogen (secondary N) is 1. The van der Waals surface area contributed by atoms with Crippen LogP contribution in [0.15, 0.2) is 48.5 Å². The standard InChI is InChI=1S/C38H51N5O5S/c1-5-48-36(46)26-14-19-40(20-15-26)31-13-9-7-11-29(31)35-42(23-18-38(2,3)4)34(45)32(49-35)24-33(44)41-21-16-28(17-22-41)43-25-27-10-6-8-12-30(27)39-37(43)47/h6-13,26,28,32,35H,5,14-25H2,1-4H3,(H,39,47). The van der Waals surface area contributed by atoms with Crippen LogP contribution in [0, 0.1) is 11.3 Å². The van der Waals surface area contributed by atoms with Crippen LogP contribution in [-0.2, 0) is 25.7 Å². The van der Waals surface area contributed by atoms with Gasteiger partial charge in [-0.05, 0) is 62.1 Å². The highest BCUT2D eigenvalue weighted by molar-refractivity contribution is 8.01. The van der Waals surface area contributed by atoms with Gasteiger partial charge in [-0.2, -0.15) is 0 Å². The summed E-state index contributed by atoms with van der Waals surface area (Å²) in [5.74, 6) is -0.158. The van der Waals surface area contributed by atoms with E-state index in [9.17, 15) is 19.2 Å². The molecule has 6 rings (SSSR count). The first-order valence-electron chi connectivity index (χ1n) is 17.9. The van der Waals surface area contributed by atoms with Gasteiger partial charge >= 0.3 is 12.0 Å². The fourth-order valence-electron chi connectivity index (χ4n) is 7.48. The zero-order chi connectivity index (χ0) is 34.7. The van der Waals surface area contributed by atoms with E-state index < -0.39 is 5.25 Å². The monoisotopic (exact) mass is 689 g/mol. The first kappa shape index (κ1) is 35.1. The van der Waals surface area contributed by atoms with Crippen molar-refractivity contribution in [1.29, 1.82) is 0 Å². The van der Waals surface area contributed by atoms with Crippen molar-refractivity contribution in [2.75, 3.05) is 49.5 Å². The van der Waals surface area contributed by atoms with E-state index in [1.165, 1.54) is 0 Å². The van der Waals surface area contributed by atoms with Crippen LogP contribution in [0.5, 0.6) is 0 Å². The lowest BCUT2D eigenvalue weighted by Gasteiger charge is -2.40. The van der Waals surface area contributed by atoms with Crippen LogP contribution >= 0.6 is 11.8 Å². The Bertz CT molecular complexity index is 1530. The van der Waals surface area contributed by atoms with Crippen LogP contribution in [0.2, 0.25) is 0 Å². The molecule has 0 saturated carbocycles. The number of likely N-dealkylation sites (tertiary alicyclic amines) is 1. The second kappa shape index (κ2) is 15.0. The van der Waals surface area contributed by atoms with E-state index in [2.05, 4.69) is 43.1 Å². The minimum absolute atomic E-state index is 0.00323. The van der Waals surface area contributed by atoms with Gasteiger partial charge < -0.3 is 29.7 Å². The van der Waals surface area contributed by atoms with E-state index in [1.54, 1.807) is 11.8 Å². The van der Waals surface area contributed by atoms with E-state index in [1.807, 2.05) is 58.0 Å². The topological polar surface area (TPSA) is 102 Å². The Hall–Kier alpha value is -3.73. The van der Waals surface area contributed by atoms with E-state index in [-0.39, 0.29) is 53.0 Å². The molecule has 4 aliphatic heterocycles. The Morgan fingerprint density at radius 1 is 0.939 bits per heavy atom. The lowest BCUT2D eigenvalue weighted by Crippen LogP contribution is -2.51. The maximum atomic E-state index is 14.1. The van der Waals surface area contributed by atoms with Crippen molar-refractivity contribution < 1.29 is 23.9 Å². The molecule has 2 aromatic rings. The molecular weight excluding hydrogens is 639 g/mol. The number of hydrogen-bond donors (Lipinski definition) is 1. The van der Waals surface area contributed by atoms with Crippen LogP contribution in [0.4, 0.5) is 16.2 Å². The highest BCUT2D eigenvalue weighted by Crippen LogP contribution is 2.48. The number of ether oxygens (including phenoxy) is 1. The molecule has 2 aromatic carbocycles. The number of amides is 4. The van der Waals surface area contributed by atoms with Crippen LogP contribution in [0.3, 0.4) is 0 Å². The molecule has 2 unspecified atom stereocenters. The van der Waals surface area contributed by atoms with Gasteiger partial charge in [0, 0.05) is 68.7 Å². The number of piperidine rings is 2. The number of urea groups is 1. The summed E-state index contributed by atoms with van der Waals surface area (Å²) in [5, 5.41) is 2.36. The molecule has 4 heterocycles. The zero-order valence-electron chi connectivity index (χ0n) is 29.4. The second-order valence-corrected chi connectivity index (χ2v) is 16.2. The molecule has 2 atom stereocenters. The maximum Gasteiger partial charge on any atom is 0.322 e. The number of thioether (sulfide) groups is 1. The average molecular weight is 690 g/mol. The summed E-state index contributed by atoms with van der Waals surface area (Å²) in [6, 6.07) is 16.2. The van der Waals surface area contributed by atoms with Crippen molar-refractivity contribution in [1.82, 2.24) is 14.7 Å². The first-order chi connectivity index (χ1) is 23.5. The normalized spacial score (nSPS) is 22.3. The summed E-state index contributed by atoms with van der Waals surface area (Å²) in [5.41, 5.74) is 4.20. The first-order valence-corrected chi connectivity index (χ1v) is 18.9. The van der Waals surface area contributed by atoms with Gasteiger partial charge in [0.15, 0.2) is 0 Å². The average Bonchev–Trinajstić information content (AvgIpc) is 3.40. The molecule has 10 nitrogen and oxygen atoms in total. The number of nitrogens with zero attached hydrogens (tertiary/aromatic N) is 4. The zero-order valence-corrected chi connectivity index (χ0v) is 30.2. The molecule has 4 aliphatic rings. The summed E-state index contributed by atoms with van der Waals surface area (Å²) in [6.45, 7) is 12.6. The van der Waals surface area contributed by atoms with Crippen molar-refractivity contribution >= 4 is 47.0 Å². The van der Waals surface area contributed by atoms with Crippen LogP contribution in [0.25, 0.3) is 0 Å².